The Kier molecular flexibility index (Phi) is 22.3. The van der Waals surface area contributed by atoms with Crippen molar-refractivity contribution in [3.05, 3.63) is 253 Å². The molecule has 0 saturated carbocycles. The van der Waals surface area contributed by atoms with E-state index in [4.69, 9.17) is 18.9 Å². The molecule has 12 heterocycles. The molecular formula is C86H67Br2FN18O11S3. The van der Waals surface area contributed by atoms with Crippen LogP contribution in [0.2, 0.25) is 0 Å². The van der Waals surface area contributed by atoms with Gasteiger partial charge in [0, 0.05) is 55.6 Å². The lowest BCUT2D eigenvalue weighted by Crippen LogP contribution is -2.35. The number of carboxylic acids is 1. The van der Waals surface area contributed by atoms with E-state index in [9.17, 15) is 38.3 Å². The van der Waals surface area contributed by atoms with Gasteiger partial charge in [0.25, 0.3) is 11.8 Å². The number of aromatic amines is 1. The van der Waals surface area contributed by atoms with Crippen molar-refractivity contribution in [2.45, 2.75) is 38.8 Å². The summed E-state index contributed by atoms with van der Waals surface area (Å²) in [6.45, 7) is 7.04. The number of hydrogen-bond acceptors (Lipinski definition) is 22. The van der Waals surface area contributed by atoms with Gasteiger partial charge < -0.3 is 55.6 Å². The molecule has 0 radical (unpaired) electrons. The van der Waals surface area contributed by atoms with Crippen molar-refractivity contribution in [1.82, 2.24) is 49.7 Å². The molecule has 35 heteroatoms. The number of urea groups is 3. The Balaban J connectivity index is 0.000000126. The van der Waals surface area contributed by atoms with Crippen molar-refractivity contribution in [1.29, 1.82) is 0 Å². The van der Waals surface area contributed by atoms with Gasteiger partial charge in [0.2, 0.25) is 0 Å². The van der Waals surface area contributed by atoms with Crippen molar-refractivity contribution >= 4 is 206 Å². The number of H-pyrrole nitrogens is 1. The van der Waals surface area contributed by atoms with Gasteiger partial charge in [-0.05, 0) is 178 Å². The van der Waals surface area contributed by atoms with Gasteiger partial charge in [0.1, 0.15) is 88.5 Å². The highest BCUT2D eigenvalue weighted by Crippen LogP contribution is 2.50. The molecule has 29 nitrogen and oxygen atoms in total. The first-order valence-corrected chi connectivity index (χ1v) is 42.1. The summed E-state index contributed by atoms with van der Waals surface area (Å²) in [5.41, 5.74) is 8.34. The summed E-state index contributed by atoms with van der Waals surface area (Å²) in [6, 6.07) is 53.3. The summed E-state index contributed by atoms with van der Waals surface area (Å²) in [4.78, 5) is 124. The van der Waals surface area contributed by atoms with Gasteiger partial charge in [0.15, 0.2) is 17.5 Å². The average molecular weight is 1800 g/mol. The number of halogens is 3. The number of imidazole rings is 1. The number of amides is 8. The number of aromatic carboxylic acids is 1. The molecule has 5 aliphatic heterocycles. The van der Waals surface area contributed by atoms with E-state index in [1.165, 1.54) is 93.3 Å². The van der Waals surface area contributed by atoms with E-state index in [0.29, 0.717) is 172 Å². The molecule has 0 bridgehead atoms. The van der Waals surface area contributed by atoms with E-state index < -0.39 is 24.1 Å². The summed E-state index contributed by atoms with van der Waals surface area (Å²) in [5, 5.41) is 25.6. The molecule has 0 spiro atoms. The molecule has 5 aliphatic rings. The van der Waals surface area contributed by atoms with Gasteiger partial charge in [-0.15, -0.1) is 34.0 Å². The smallest absolute Gasteiger partial charge is 0.348 e. The molecule has 2 saturated heterocycles. The van der Waals surface area contributed by atoms with Crippen LogP contribution in [0.25, 0.3) is 41.7 Å². The number of para-hydroxylation sites is 2. The fourth-order valence-corrected chi connectivity index (χ4v) is 18.6. The summed E-state index contributed by atoms with van der Waals surface area (Å²) >= 11 is 10.5. The molecule has 8 amide bonds. The first-order valence-electron chi connectivity index (χ1n) is 38.1. The highest BCUT2D eigenvalue weighted by Gasteiger charge is 2.38. The summed E-state index contributed by atoms with van der Waals surface area (Å²) in [7, 11) is 1.61. The number of nitrogens with zero attached hydrogens (tertiary/aromatic N) is 12. The number of likely N-dealkylation sites (tertiary alicyclic amines) is 1. The van der Waals surface area contributed by atoms with E-state index >= 15 is 0 Å². The molecule has 7 N–H and O–H groups in total. The van der Waals surface area contributed by atoms with Gasteiger partial charge in [-0.1, -0.05) is 73.2 Å². The Morgan fingerprint density at radius 2 is 1.01 bits per heavy atom. The monoisotopic (exact) mass is 1800 g/mol. The fourth-order valence-electron chi connectivity index (χ4n) is 14.8. The molecular weight excluding hydrogens is 1740 g/mol. The van der Waals surface area contributed by atoms with E-state index in [0.717, 1.165) is 61.7 Å². The number of piperidine rings is 1. The maximum absolute atomic E-state index is 13.6. The average Bonchev–Trinajstić information content (AvgIpc) is 1.62. The number of morpholine rings is 1. The third kappa shape index (κ3) is 16.5. The third-order valence-electron chi connectivity index (χ3n) is 20.4. The Morgan fingerprint density at radius 3 is 1.53 bits per heavy atom. The molecule has 2 fully saturated rings. The van der Waals surface area contributed by atoms with E-state index in [1.54, 1.807) is 73.8 Å². The normalized spacial score (nSPS) is 14.3. The van der Waals surface area contributed by atoms with Crippen LogP contribution < -0.4 is 55.5 Å². The van der Waals surface area contributed by atoms with Crippen molar-refractivity contribution in [3.63, 3.8) is 0 Å². The SMILES string of the molecule is COc1cc(NC(=O)c2sc3ncnc4c3c2NC(=O)N4c2ccc(Oc3ccccc3)c(Br)c2)ccc1CN1CCOCC1.O=C(Nc1ccc(CN2CCCCC2)cc1)c1sc2ncnc3c2c1NC(=O)N3c1ccc(Oc2ccccc2)c(Br)c1.O=C(O)c1sc2ncnc3c2c1NC(=O)N3c1ccc2nc(Cc3cccc(F)c3)[nH]c2c1. The number of rotatable bonds is 19. The zero-order chi connectivity index (χ0) is 82.9. The highest BCUT2D eigenvalue weighted by atomic mass is 79.9. The zero-order valence-corrected chi connectivity index (χ0v) is 69.4. The minimum absolute atomic E-state index is 0.00533. The van der Waals surface area contributed by atoms with Crippen LogP contribution in [0.15, 0.2) is 210 Å². The molecule has 606 valence electrons. The van der Waals surface area contributed by atoms with E-state index in [2.05, 4.69) is 120 Å². The third-order valence-corrected chi connectivity index (χ3v) is 24.9. The number of hydrogen-bond donors (Lipinski definition) is 7. The van der Waals surface area contributed by atoms with Crippen LogP contribution in [0.1, 0.15) is 70.8 Å². The number of carboxylic acid groups (broad SMARTS) is 1. The number of fused-ring (bicyclic) bond motifs is 1. The lowest BCUT2D eigenvalue weighted by molar-refractivity contribution is 0.0339. The molecule has 0 atom stereocenters. The Labute approximate surface area is 716 Å². The standard InChI is InChI=1S/C32H27BrN6O5S.C32H27BrN6O3S.C22H13FN6O3S/c1-42-25-15-20(8-7-19(25)17-38-11-13-43-14-12-38)36-30(40)28-27-26-29(34-18-35-31(26)45-28)39(32(41)37-27)21-9-10-24(23(33)16-21)44-22-5-3-2-4-6-22;33-24-17-22(13-14-25(24)42-23-7-3-1-4-8-23)39-29-26-27(37-32(39)41)28(43-31(26)35-19-34-29)30(40)36-21-11-9-20(10-12-21)18-38-15-5-2-6-16-38;23-11-3-1-2-10(6-11)7-15-26-13-5-4-12(8-14(13)27-15)29-19-16-17(28-22(29)32)18(21(30)31)33-20(16)25-9-24-19/h2-10,15-16,18H,11-14,17H2,1H3,(H,36,40)(H,37,41);1,3-4,7-14,17,19H,2,5-6,15-16,18H2,(H,36,40)(H,37,41);1-6,8-9H,7H2,(H,26,27)(H,28,32)(H,30,31). The highest BCUT2D eigenvalue weighted by molar-refractivity contribution is 9.11. The van der Waals surface area contributed by atoms with Gasteiger partial charge in [0.05, 0.1) is 90.6 Å². The number of methoxy groups -OCH3 is 1. The van der Waals surface area contributed by atoms with Gasteiger partial charge in [-0.2, -0.15) is 0 Å². The Morgan fingerprint density at radius 1 is 0.512 bits per heavy atom. The predicted molar refractivity (Wildman–Crippen MR) is 470 cm³/mol. The Bertz CT molecular complexity index is 6590. The number of carbonyl (C=O) groups excluding carboxylic acids is 5. The van der Waals surface area contributed by atoms with Crippen LogP contribution in [-0.4, -0.2) is 137 Å². The molecule has 20 rings (SSSR count). The van der Waals surface area contributed by atoms with E-state index in [1.807, 2.05) is 91.0 Å². The van der Waals surface area contributed by atoms with Crippen LogP contribution in [0, 0.1) is 5.82 Å². The second kappa shape index (κ2) is 34.2. The maximum atomic E-state index is 13.6. The van der Waals surface area contributed by atoms with Crippen LogP contribution in [0.3, 0.4) is 0 Å². The first kappa shape index (κ1) is 78.9. The second-order valence-electron chi connectivity index (χ2n) is 28.3. The van der Waals surface area contributed by atoms with Crippen LogP contribution in [0.4, 0.5) is 81.7 Å². The van der Waals surface area contributed by atoms with Crippen molar-refractivity contribution in [2.75, 3.05) is 87.8 Å². The van der Waals surface area contributed by atoms with Gasteiger partial charge in [-0.25, -0.2) is 73.2 Å². The molecule has 0 aliphatic carbocycles. The lowest BCUT2D eigenvalue weighted by Gasteiger charge is -2.27. The summed E-state index contributed by atoms with van der Waals surface area (Å²) < 4.78 is 37.9. The number of anilines is 11. The molecule has 15 aromatic rings. The van der Waals surface area contributed by atoms with Gasteiger partial charge in [-0.3, -0.25) is 19.4 Å². The van der Waals surface area contributed by atoms with E-state index in [-0.39, 0.29) is 28.2 Å². The summed E-state index contributed by atoms with van der Waals surface area (Å²) in [5.74, 6) is 2.89. The molecule has 121 heavy (non-hydrogen) atoms. The lowest BCUT2D eigenvalue weighted by atomic mass is 10.1. The van der Waals surface area contributed by atoms with Gasteiger partial charge >= 0.3 is 24.1 Å². The maximum Gasteiger partial charge on any atom is 0.348 e. The number of thiophene rings is 3. The molecule has 7 aromatic heterocycles. The number of carbonyl (C=O) groups is 6. The number of nitrogens with one attached hydrogen (secondary N) is 6. The first-order chi connectivity index (χ1) is 59.0. The predicted octanol–water partition coefficient (Wildman–Crippen LogP) is 19.9. The van der Waals surface area contributed by atoms with Crippen LogP contribution >= 0.6 is 65.9 Å². The minimum atomic E-state index is -1.14. The van der Waals surface area contributed by atoms with Crippen molar-refractivity contribution < 1.29 is 57.2 Å². The number of benzene rings is 8. The van der Waals surface area contributed by atoms with Crippen LogP contribution in [0.5, 0.6) is 28.7 Å². The Hall–Kier alpha value is -13.3. The largest absolute Gasteiger partial charge is 0.496 e. The zero-order valence-electron chi connectivity index (χ0n) is 63.8. The molecule has 0 unspecified atom stereocenters. The quantitative estimate of drug-likeness (QED) is 0.0395. The second-order valence-corrected chi connectivity index (χ2v) is 33.0. The molecule has 8 aromatic carbocycles. The van der Waals surface area contributed by atoms with Crippen molar-refractivity contribution in [3.8, 4) is 28.7 Å². The fraction of sp³-hybridized carbons (Fsp3) is 0.151. The number of aromatic nitrogens is 8. The minimum Gasteiger partial charge on any atom is -0.496 e. The topological polar surface area (TPSA) is 342 Å². The summed E-state index contributed by atoms with van der Waals surface area (Å²) in [6.07, 6.45) is 8.34. The van der Waals surface area contributed by atoms with Crippen LogP contribution in [-0.2, 0) is 24.2 Å². The van der Waals surface area contributed by atoms with Crippen molar-refractivity contribution in [2.24, 2.45) is 0 Å². The number of ether oxygens (including phenoxy) is 4.